The molecule has 26 heavy (non-hydrogen) atoms. The van der Waals surface area contributed by atoms with Crippen LogP contribution in [0.3, 0.4) is 0 Å². The van der Waals surface area contributed by atoms with Gasteiger partial charge in [0.05, 0.1) is 17.3 Å². The summed E-state index contributed by atoms with van der Waals surface area (Å²) < 4.78 is 19.1. The molecule has 7 heteroatoms. The number of ether oxygens (including phenoxy) is 1. The molecule has 0 heterocycles. The molecule has 0 aromatic heterocycles. The molecule has 2 aromatic rings. The van der Waals surface area contributed by atoms with E-state index in [2.05, 4.69) is 11.4 Å². The molecule has 0 amide bonds. The van der Waals surface area contributed by atoms with Gasteiger partial charge < -0.3 is 9.64 Å². The number of allylic oxidation sites excluding steroid dienone is 1. The Balaban J connectivity index is 2.56. The molecule has 0 saturated carbocycles. The standard InChI is InChI=1S/C19H18FN3O3/c1-13(20)11-15-16(21-2)9-10-18(19(15)23(24)25)26-17-8-6-5-7-14(17)12-22(3)4/h5-10H,1,11-12H2,3-4H3. The van der Waals surface area contributed by atoms with Crippen molar-refractivity contribution in [2.45, 2.75) is 13.0 Å². The van der Waals surface area contributed by atoms with E-state index in [4.69, 9.17) is 11.3 Å². The van der Waals surface area contributed by atoms with Crippen LogP contribution >= 0.6 is 0 Å². The van der Waals surface area contributed by atoms with Crippen molar-refractivity contribution in [3.05, 3.63) is 81.5 Å². The van der Waals surface area contributed by atoms with E-state index in [-0.39, 0.29) is 17.0 Å². The molecule has 0 spiro atoms. The van der Waals surface area contributed by atoms with Gasteiger partial charge >= 0.3 is 5.69 Å². The molecule has 0 aliphatic rings. The van der Waals surface area contributed by atoms with Crippen molar-refractivity contribution >= 4 is 11.4 Å². The molecular formula is C19H18FN3O3. The minimum Gasteiger partial charge on any atom is -0.450 e. The molecule has 0 bridgehead atoms. The van der Waals surface area contributed by atoms with Gasteiger partial charge in [0.25, 0.3) is 0 Å². The molecule has 2 rings (SSSR count). The summed E-state index contributed by atoms with van der Waals surface area (Å²) in [5, 5.41) is 11.6. The Hall–Kier alpha value is -3.24. The van der Waals surface area contributed by atoms with Gasteiger partial charge in [-0.05, 0) is 26.2 Å². The van der Waals surface area contributed by atoms with E-state index in [9.17, 15) is 14.5 Å². The fraction of sp³-hybridized carbons (Fsp3) is 0.211. The first kappa shape index (κ1) is 19.1. The van der Waals surface area contributed by atoms with Crippen LogP contribution in [0.2, 0.25) is 0 Å². The van der Waals surface area contributed by atoms with Gasteiger partial charge in [0, 0.05) is 24.1 Å². The zero-order valence-electron chi connectivity index (χ0n) is 14.5. The third-order valence-corrected chi connectivity index (χ3v) is 3.57. The largest absolute Gasteiger partial charge is 0.450 e. The summed E-state index contributed by atoms with van der Waals surface area (Å²) in [5.41, 5.74) is 0.388. The molecule has 0 radical (unpaired) electrons. The summed E-state index contributed by atoms with van der Waals surface area (Å²) >= 11 is 0. The van der Waals surface area contributed by atoms with Crippen LogP contribution in [0.15, 0.2) is 48.8 Å². The van der Waals surface area contributed by atoms with E-state index < -0.39 is 22.9 Å². The minimum atomic E-state index is -0.761. The van der Waals surface area contributed by atoms with Crippen molar-refractivity contribution in [3.63, 3.8) is 0 Å². The van der Waals surface area contributed by atoms with Crippen molar-refractivity contribution < 1.29 is 14.1 Å². The molecule has 6 nitrogen and oxygen atoms in total. The van der Waals surface area contributed by atoms with Gasteiger partial charge in [0.1, 0.15) is 5.75 Å². The van der Waals surface area contributed by atoms with Crippen LogP contribution in [-0.2, 0) is 13.0 Å². The van der Waals surface area contributed by atoms with Gasteiger partial charge in [-0.15, -0.1) is 0 Å². The summed E-state index contributed by atoms with van der Waals surface area (Å²) in [6.45, 7) is 10.9. The fourth-order valence-corrected chi connectivity index (χ4v) is 2.55. The molecule has 0 unspecified atom stereocenters. The van der Waals surface area contributed by atoms with E-state index in [1.807, 2.05) is 31.1 Å². The average molecular weight is 355 g/mol. The topological polar surface area (TPSA) is 60.0 Å². The van der Waals surface area contributed by atoms with E-state index in [1.54, 1.807) is 12.1 Å². The molecule has 134 valence electrons. The van der Waals surface area contributed by atoms with E-state index in [1.165, 1.54) is 12.1 Å². The highest BCUT2D eigenvalue weighted by atomic mass is 19.1. The molecule has 0 aliphatic heterocycles. The van der Waals surface area contributed by atoms with Crippen LogP contribution in [0.4, 0.5) is 15.8 Å². The van der Waals surface area contributed by atoms with Gasteiger partial charge in [-0.2, -0.15) is 0 Å². The van der Waals surface area contributed by atoms with Gasteiger partial charge in [-0.3, -0.25) is 10.1 Å². The van der Waals surface area contributed by atoms with Crippen molar-refractivity contribution in [1.82, 2.24) is 4.90 Å². The van der Waals surface area contributed by atoms with Crippen LogP contribution in [0.25, 0.3) is 4.85 Å². The predicted octanol–water partition coefficient (Wildman–Crippen LogP) is 5.03. The van der Waals surface area contributed by atoms with Gasteiger partial charge in [0.15, 0.2) is 5.69 Å². The first-order valence-electron chi connectivity index (χ1n) is 7.75. The van der Waals surface area contributed by atoms with Crippen molar-refractivity contribution in [1.29, 1.82) is 0 Å². The minimum absolute atomic E-state index is 0.00410. The van der Waals surface area contributed by atoms with E-state index in [0.717, 1.165) is 5.56 Å². The SMILES string of the molecule is [C-]#[N+]c1ccc(Oc2ccccc2CN(C)C)c([N+](=O)[O-])c1CC(=C)F. The van der Waals surface area contributed by atoms with Crippen molar-refractivity contribution in [2.75, 3.05) is 14.1 Å². The van der Waals surface area contributed by atoms with Gasteiger partial charge in [0.2, 0.25) is 5.75 Å². The van der Waals surface area contributed by atoms with Crippen LogP contribution in [0, 0.1) is 16.7 Å². The zero-order valence-corrected chi connectivity index (χ0v) is 14.5. The van der Waals surface area contributed by atoms with Crippen LogP contribution in [0.5, 0.6) is 11.5 Å². The highest BCUT2D eigenvalue weighted by Crippen LogP contribution is 2.41. The first-order valence-corrected chi connectivity index (χ1v) is 7.75. The summed E-state index contributed by atoms with van der Waals surface area (Å²) in [6.07, 6.45) is -0.412. The van der Waals surface area contributed by atoms with Crippen LogP contribution in [-0.4, -0.2) is 23.9 Å². The molecule has 0 atom stereocenters. The van der Waals surface area contributed by atoms with Crippen molar-refractivity contribution in [2.24, 2.45) is 0 Å². The molecule has 0 aliphatic carbocycles. The Morgan fingerprint density at radius 3 is 2.58 bits per heavy atom. The molecule has 0 N–H and O–H groups in total. The number of benzene rings is 2. The second-order valence-electron chi connectivity index (χ2n) is 5.92. The number of hydrogen-bond acceptors (Lipinski definition) is 4. The summed E-state index contributed by atoms with van der Waals surface area (Å²) in [6, 6.07) is 9.93. The second-order valence-corrected chi connectivity index (χ2v) is 5.92. The highest BCUT2D eigenvalue weighted by Gasteiger charge is 2.26. The molecule has 0 fully saturated rings. The maximum absolute atomic E-state index is 13.3. The number of halogens is 1. The summed E-state index contributed by atoms with van der Waals surface area (Å²) in [7, 11) is 3.80. The normalized spacial score (nSPS) is 10.4. The number of para-hydroxylation sites is 1. The Bertz CT molecular complexity index is 888. The third kappa shape index (κ3) is 4.43. The monoisotopic (exact) mass is 355 g/mol. The Labute approximate surface area is 151 Å². The zero-order chi connectivity index (χ0) is 19.3. The lowest BCUT2D eigenvalue weighted by atomic mass is 10.1. The number of rotatable bonds is 7. The summed E-state index contributed by atoms with van der Waals surface area (Å²) in [5.74, 6) is -0.335. The van der Waals surface area contributed by atoms with E-state index >= 15 is 0 Å². The maximum atomic E-state index is 13.3. The Kier molecular flexibility index (Phi) is 6.04. The highest BCUT2D eigenvalue weighted by molar-refractivity contribution is 5.68. The Morgan fingerprint density at radius 1 is 1.31 bits per heavy atom. The first-order chi connectivity index (χ1) is 12.3. The lowest BCUT2D eigenvalue weighted by molar-refractivity contribution is -0.386. The average Bonchev–Trinajstić information content (AvgIpc) is 2.55. The quantitative estimate of drug-likeness (QED) is 0.397. The van der Waals surface area contributed by atoms with E-state index in [0.29, 0.717) is 12.3 Å². The molecular weight excluding hydrogens is 337 g/mol. The lowest BCUT2D eigenvalue weighted by Gasteiger charge is -2.16. The number of nitrogens with zero attached hydrogens (tertiary/aromatic N) is 3. The smallest absolute Gasteiger partial charge is 0.305 e. The van der Waals surface area contributed by atoms with Gasteiger partial charge in [-0.1, -0.05) is 30.8 Å². The second kappa shape index (κ2) is 8.23. The predicted molar refractivity (Wildman–Crippen MR) is 97.2 cm³/mol. The van der Waals surface area contributed by atoms with Crippen LogP contribution < -0.4 is 4.74 Å². The van der Waals surface area contributed by atoms with Gasteiger partial charge in [-0.25, -0.2) is 9.24 Å². The van der Waals surface area contributed by atoms with Crippen LogP contribution in [0.1, 0.15) is 11.1 Å². The molecule has 2 aromatic carbocycles. The lowest BCUT2D eigenvalue weighted by Crippen LogP contribution is -2.11. The number of hydrogen-bond donors (Lipinski definition) is 0. The van der Waals surface area contributed by atoms with Crippen molar-refractivity contribution in [3.8, 4) is 11.5 Å². The summed E-state index contributed by atoms with van der Waals surface area (Å²) in [4.78, 5) is 16.1. The fourth-order valence-electron chi connectivity index (χ4n) is 2.55. The Morgan fingerprint density at radius 2 is 2.00 bits per heavy atom. The molecule has 0 saturated heterocycles. The maximum Gasteiger partial charge on any atom is 0.305 e. The third-order valence-electron chi connectivity index (χ3n) is 3.57. The number of nitro groups is 1. The number of nitro benzene ring substituents is 1.